The summed E-state index contributed by atoms with van der Waals surface area (Å²) >= 11 is 0. The van der Waals surface area contributed by atoms with Crippen molar-refractivity contribution in [2.24, 2.45) is 5.92 Å². The maximum atomic E-state index is 12.2. The molecule has 0 heterocycles. The van der Waals surface area contributed by atoms with Crippen molar-refractivity contribution in [3.8, 4) is 17.2 Å². The number of aryl methyl sites for hydroxylation is 1. The summed E-state index contributed by atoms with van der Waals surface area (Å²) < 4.78 is 39.7. The molecular formula is C25H33F2NO3. The molecule has 3 rings (SSSR count). The smallest absolute Gasteiger partial charge is 0.387 e. The van der Waals surface area contributed by atoms with Gasteiger partial charge in [0.25, 0.3) is 0 Å². The molecule has 2 aromatic rings. The number of fused-ring (bicyclic) bond motifs is 1. The highest BCUT2D eigenvalue weighted by atomic mass is 19.3. The molecule has 0 spiro atoms. The van der Waals surface area contributed by atoms with Crippen molar-refractivity contribution in [2.45, 2.75) is 45.1 Å². The van der Waals surface area contributed by atoms with Crippen LogP contribution in [0.25, 0.3) is 0 Å². The maximum absolute atomic E-state index is 12.2. The molecule has 31 heavy (non-hydrogen) atoms. The topological polar surface area (TPSA) is 30.9 Å². The zero-order valence-electron chi connectivity index (χ0n) is 18.7. The van der Waals surface area contributed by atoms with Crippen LogP contribution in [-0.2, 0) is 19.3 Å². The van der Waals surface area contributed by atoms with E-state index in [4.69, 9.17) is 9.47 Å². The highest BCUT2D eigenvalue weighted by molar-refractivity contribution is 5.48. The second kappa shape index (κ2) is 11.3. The van der Waals surface area contributed by atoms with Gasteiger partial charge in [-0.2, -0.15) is 8.78 Å². The number of ether oxygens (including phenoxy) is 3. The van der Waals surface area contributed by atoms with Gasteiger partial charge in [0.15, 0.2) is 11.5 Å². The van der Waals surface area contributed by atoms with E-state index in [9.17, 15) is 8.78 Å². The summed E-state index contributed by atoms with van der Waals surface area (Å²) in [5.41, 5.74) is 3.90. The van der Waals surface area contributed by atoms with Crippen LogP contribution < -0.4 is 14.2 Å². The zero-order valence-corrected chi connectivity index (χ0v) is 18.7. The highest BCUT2D eigenvalue weighted by Gasteiger charge is 2.21. The lowest BCUT2D eigenvalue weighted by Crippen LogP contribution is -2.23. The molecule has 1 atom stereocenters. The Bertz CT molecular complexity index is 826. The quantitative estimate of drug-likeness (QED) is 0.477. The number of hydrogen-bond donors (Lipinski definition) is 0. The Balaban J connectivity index is 1.39. The third kappa shape index (κ3) is 6.82. The van der Waals surface area contributed by atoms with Crippen molar-refractivity contribution in [2.75, 3.05) is 34.4 Å². The molecule has 0 fully saturated rings. The number of halogens is 2. The lowest BCUT2D eigenvalue weighted by atomic mass is 9.81. The minimum atomic E-state index is -2.78. The Labute approximate surface area is 184 Å². The summed E-state index contributed by atoms with van der Waals surface area (Å²) in [4.78, 5) is 2.34. The molecule has 0 bridgehead atoms. The van der Waals surface area contributed by atoms with Crippen LogP contribution in [0.5, 0.6) is 17.2 Å². The average molecular weight is 434 g/mol. The fourth-order valence-electron chi connectivity index (χ4n) is 4.32. The molecule has 0 saturated heterocycles. The summed E-state index contributed by atoms with van der Waals surface area (Å²) in [6, 6.07) is 11.2. The van der Waals surface area contributed by atoms with Gasteiger partial charge in [0, 0.05) is 6.54 Å². The first-order chi connectivity index (χ1) is 15.0. The van der Waals surface area contributed by atoms with Gasteiger partial charge in [0.2, 0.25) is 0 Å². The Morgan fingerprint density at radius 2 is 1.68 bits per heavy atom. The van der Waals surface area contributed by atoms with Crippen molar-refractivity contribution in [3.63, 3.8) is 0 Å². The third-order valence-electron chi connectivity index (χ3n) is 6.12. The van der Waals surface area contributed by atoms with E-state index in [1.807, 2.05) is 12.1 Å². The van der Waals surface area contributed by atoms with Gasteiger partial charge in [0.05, 0.1) is 14.2 Å². The van der Waals surface area contributed by atoms with Crippen molar-refractivity contribution in [3.05, 3.63) is 53.1 Å². The number of likely N-dealkylation sites (N-methyl/N-ethyl adjacent to an activating group) is 1. The van der Waals surface area contributed by atoms with Crippen molar-refractivity contribution in [1.82, 2.24) is 4.90 Å². The Morgan fingerprint density at radius 3 is 2.32 bits per heavy atom. The molecule has 0 aliphatic heterocycles. The van der Waals surface area contributed by atoms with Gasteiger partial charge < -0.3 is 19.1 Å². The molecule has 1 unspecified atom stereocenters. The van der Waals surface area contributed by atoms with Crippen LogP contribution in [0.4, 0.5) is 8.78 Å². The van der Waals surface area contributed by atoms with Gasteiger partial charge in [-0.25, -0.2) is 0 Å². The fraction of sp³-hybridized carbons (Fsp3) is 0.520. The molecule has 0 saturated carbocycles. The normalized spacial score (nSPS) is 15.8. The van der Waals surface area contributed by atoms with Gasteiger partial charge >= 0.3 is 6.61 Å². The molecule has 170 valence electrons. The lowest BCUT2D eigenvalue weighted by molar-refractivity contribution is -0.0498. The maximum Gasteiger partial charge on any atom is 0.387 e. The van der Waals surface area contributed by atoms with Gasteiger partial charge in [0.1, 0.15) is 5.75 Å². The van der Waals surface area contributed by atoms with Crippen molar-refractivity contribution in [1.29, 1.82) is 0 Å². The second-order valence-electron chi connectivity index (χ2n) is 8.30. The van der Waals surface area contributed by atoms with Gasteiger partial charge in [-0.15, -0.1) is 0 Å². The minimum absolute atomic E-state index is 0.206. The standard InChI is InChI=1S/C25H33F2NO3/c1-28(14-12-18-7-10-22(11-8-18)31-25(26)27)13-4-5-19-6-9-20-16-23(29-2)24(30-3)17-21(20)15-19/h7-8,10-11,16-17,19,25H,4-6,9,12-15H2,1-3H3. The predicted octanol–water partition coefficient (Wildman–Crippen LogP) is 5.36. The predicted molar refractivity (Wildman–Crippen MR) is 119 cm³/mol. The molecule has 2 aromatic carbocycles. The lowest BCUT2D eigenvalue weighted by Gasteiger charge is -2.26. The van der Waals surface area contributed by atoms with Crippen LogP contribution in [0.1, 0.15) is 36.0 Å². The summed E-state index contributed by atoms with van der Waals surface area (Å²) in [5, 5.41) is 0. The average Bonchev–Trinajstić information content (AvgIpc) is 2.77. The summed E-state index contributed by atoms with van der Waals surface area (Å²) in [5.74, 6) is 2.55. The number of nitrogens with zero attached hydrogens (tertiary/aromatic N) is 1. The van der Waals surface area contributed by atoms with E-state index in [0.717, 1.165) is 49.4 Å². The molecule has 1 aliphatic rings. The molecule has 6 heteroatoms. The van der Waals surface area contributed by atoms with E-state index in [-0.39, 0.29) is 5.75 Å². The molecule has 1 aliphatic carbocycles. The van der Waals surface area contributed by atoms with E-state index in [0.29, 0.717) is 5.92 Å². The first kappa shape index (κ1) is 23.3. The Hall–Kier alpha value is -2.34. The van der Waals surface area contributed by atoms with Gasteiger partial charge in [-0.1, -0.05) is 12.1 Å². The highest BCUT2D eigenvalue weighted by Crippen LogP contribution is 2.36. The summed E-state index contributed by atoms with van der Waals surface area (Å²) in [6.07, 6.45) is 6.71. The first-order valence-corrected chi connectivity index (χ1v) is 10.9. The van der Waals surface area contributed by atoms with Crippen LogP contribution in [0.3, 0.4) is 0 Å². The van der Waals surface area contributed by atoms with Gasteiger partial charge in [-0.05, 0) is 99.0 Å². The van der Waals surface area contributed by atoms with Crippen LogP contribution in [-0.4, -0.2) is 45.9 Å². The zero-order chi connectivity index (χ0) is 22.2. The van der Waals surface area contributed by atoms with Gasteiger partial charge in [-0.3, -0.25) is 0 Å². The Kier molecular flexibility index (Phi) is 8.52. The molecule has 0 aromatic heterocycles. The molecule has 0 N–H and O–H groups in total. The van der Waals surface area contributed by atoms with Crippen LogP contribution in [0, 0.1) is 5.92 Å². The molecular weight excluding hydrogens is 400 g/mol. The van der Waals surface area contributed by atoms with E-state index in [1.165, 1.54) is 30.4 Å². The largest absolute Gasteiger partial charge is 0.493 e. The molecule has 0 radical (unpaired) electrons. The third-order valence-corrected chi connectivity index (χ3v) is 6.12. The molecule has 0 amide bonds. The SMILES string of the molecule is COc1cc2c(cc1OC)CC(CCCN(C)CCc1ccc(OC(F)F)cc1)CC2. The van der Waals surface area contributed by atoms with E-state index >= 15 is 0 Å². The Morgan fingerprint density at radius 1 is 1.00 bits per heavy atom. The first-order valence-electron chi connectivity index (χ1n) is 10.9. The minimum Gasteiger partial charge on any atom is -0.493 e. The second-order valence-corrected chi connectivity index (χ2v) is 8.30. The van der Waals surface area contributed by atoms with Crippen LogP contribution in [0.2, 0.25) is 0 Å². The van der Waals surface area contributed by atoms with Crippen LogP contribution in [0.15, 0.2) is 36.4 Å². The number of alkyl halides is 2. The van der Waals surface area contributed by atoms with Crippen molar-refractivity contribution >= 4 is 0 Å². The molecule has 4 nitrogen and oxygen atoms in total. The van der Waals surface area contributed by atoms with Crippen LogP contribution >= 0.6 is 0 Å². The summed E-state index contributed by atoms with van der Waals surface area (Å²) in [7, 11) is 5.51. The summed E-state index contributed by atoms with van der Waals surface area (Å²) in [6.45, 7) is -0.777. The van der Waals surface area contributed by atoms with E-state index in [1.54, 1.807) is 26.4 Å². The van der Waals surface area contributed by atoms with E-state index in [2.05, 4.69) is 28.8 Å². The number of benzene rings is 2. The number of hydrogen-bond acceptors (Lipinski definition) is 4. The van der Waals surface area contributed by atoms with E-state index < -0.39 is 6.61 Å². The fourth-order valence-corrected chi connectivity index (χ4v) is 4.32. The van der Waals surface area contributed by atoms with Crippen molar-refractivity contribution < 1.29 is 23.0 Å². The monoisotopic (exact) mass is 433 g/mol. The number of rotatable bonds is 11. The number of methoxy groups -OCH3 is 2.